The van der Waals surface area contributed by atoms with Crippen molar-refractivity contribution in [2.75, 3.05) is 24.8 Å². The van der Waals surface area contributed by atoms with Crippen LogP contribution in [0.4, 0.5) is 17.3 Å². The van der Waals surface area contributed by atoms with E-state index in [2.05, 4.69) is 20.4 Å². The van der Waals surface area contributed by atoms with Crippen molar-refractivity contribution < 1.29 is 14.5 Å². The summed E-state index contributed by atoms with van der Waals surface area (Å²) in [6.45, 7) is 1.53. The Morgan fingerprint density at radius 2 is 2.22 bits per heavy atom. The van der Waals surface area contributed by atoms with Crippen molar-refractivity contribution in [3.63, 3.8) is 0 Å². The normalized spacial score (nSPS) is 11.5. The molecule has 0 saturated heterocycles. The topological polar surface area (TPSA) is 106 Å². The van der Waals surface area contributed by atoms with Crippen molar-refractivity contribution in [1.82, 2.24) is 4.98 Å². The highest BCUT2D eigenvalue weighted by atomic mass is 16.6. The van der Waals surface area contributed by atoms with Crippen molar-refractivity contribution in [2.45, 2.75) is 13.0 Å². The molecule has 0 amide bonds. The highest BCUT2D eigenvalue weighted by Gasteiger charge is 2.21. The summed E-state index contributed by atoms with van der Waals surface area (Å²) in [4.78, 5) is 25.5. The number of pyridine rings is 1. The number of carbonyl (C=O) groups is 1. The Bertz CT molecular complexity index is 463. The number of hydrogen-bond donors (Lipinski definition) is 2. The molecule has 0 aliphatic heterocycles. The fourth-order valence-electron chi connectivity index (χ4n) is 1.29. The summed E-state index contributed by atoms with van der Waals surface area (Å²) in [6.07, 6.45) is 0. The number of hydrogen-bond acceptors (Lipinski definition) is 7. The summed E-state index contributed by atoms with van der Waals surface area (Å²) < 4.78 is 4.53. The summed E-state index contributed by atoms with van der Waals surface area (Å²) in [7, 11) is 2.88. The Morgan fingerprint density at radius 1 is 1.56 bits per heavy atom. The molecule has 0 aliphatic carbocycles. The van der Waals surface area contributed by atoms with Crippen LogP contribution in [0.3, 0.4) is 0 Å². The van der Waals surface area contributed by atoms with Gasteiger partial charge in [-0.05, 0) is 13.0 Å². The molecule has 1 aromatic heterocycles. The van der Waals surface area contributed by atoms with Crippen LogP contribution in [0.25, 0.3) is 0 Å². The number of esters is 1. The molecule has 1 rings (SSSR count). The van der Waals surface area contributed by atoms with Crippen molar-refractivity contribution in [1.29, 1.82) is 0 Å². The second-order valence-corrected chi connectivity index (χ2v) is 3.46. The summed E-state index contributed by atoms with van der Waals surface area (Å²) in [5, 5.41) is 16.2. The zero-order chi connectivity index (χ0) is 13.7. The molecular formula is C10H14N4O4. The van der Waals surface area contributed by atoms with Gasteiger partial charge in [-0.15, -0.1) is 0 Å². The van der Waals surface area contributed by atoms with Crippen LogP contribution >= 0.6 is 0 Å². The minimum absolute atomic E-state index is 0.0183. The van der Waals surface area contributed by atoms with E-state index in [0.717, 1.165) is 0 Å². The van der Waals surface area contributed by atoms with Crippen LogP contribution in [-0.2, 0) is 9.53 Å². The van der Waals surface area contributed by atoms with Crippen LogP contribution in [-0.4, -0.2) is 36.1 Å². The van der Waals surface area contributed by atoms with Gasteiger partial charge in [-0.25, -0.2) is 9.78 Å². The number of ether oxygens (including phenoxy) is 1. The predicted molar refractivity (Wildman–Crippen MR) is 65.5 cm³/mol. The van der Waals surface area contributed by atoms with Gasteiger partial charge in [-0.2, -0.15) is 0 Å². The summed E-state index contributed by atoms with van der Waals surface area (Å²) >= 11 is 0. The third-order valence-corrected chi connectivity index (χ3v) is 2.23. The lowest BCUT2D eigenvalue weighted by atomic mass is 10.3. The Balaban J connectivity index is 3.04. The maximum atomic E-state index is 11.3. The Kier molecular flexibility index (Phi) is 4.41. The Hall–Kier alpha value is -2.38. The molecule has 8 nitrogen and oxygen atoms in total. The molecule has 0 aliphatic rings. The quantitative estimate of drug-likeness (QED) is 0.458. The van der Waals surface area contributed by atoms with Crippen molar-refractivity contribution in [2.24, 2.45) is 0 Å². The van der Waals surface area contributed by atoms with Gasteiger partial charge in [0, 0.05) is 13.1 Å². The van der Waals surface area contributed by atoms with Crippen LogP contribution in [0, 0.1) is 10.1 Å². The van der Waals surface area contributed by atoms with E-state index < -0.39 is 16.9 Å². The molecule has 1 unspecified atom stereocenters. The lowest BCUT2D eigenvalue weighted by Crippen LogP contribution is -2.28. The average molecular weight is 254 g/mol. The van der Waals surface area contributed by atoms with E-state index >= 15 is 0 Å². The molecule has 0 bridgehead atoms. The SMILES string of the molecule is CNc1ccc([N+](=O)[O-])c(NC(C)C(=O)OC)n1. The molecule has 1 atom stereocenters. The number of methoxy groups -OCH3 is 1. The van der Waals surface area contributed by atoms with E-state index in [9.17, 15) is 14.9 Å². The largest absolute Gasteiger partial charge is 0.467 e. The fraction of sp³-hybridized carbons (Fsp3) is 0.400. The molecule has 0 spiro atoms. The first-order valence-electron chi connectivity index (χ1n) is 5.17. The van der Waals surface area contributed by atoms with E-state index in [-0.39, 0.29) is 11.5 Å². The van der Waals surface area contributed by atoms with Crippen molar-refractivity contribution in [3.05, 3.63) is 22.2 Å². The van der Waals surface area contributed by atoms with Crippen LogP contribution in [0.2, 0.25) is 0 Å². The molecule has 0 aromatic carbocycles. The summed E-state index contributed by atoms with van der Waals surface area (Å²) in [5.41, 5.74) is -0.204. The van der Waals surface area contributed by atoms with Gasteiger partial charge >= 0.3 is 11.7 Å². The molecule has 8 heteroatoms. The number of nitro groups is 1. The number of nitrogens with one attached hydrogen (secondary N) is 2. The van der Waals surface area contributed by atoms with Gasteiger partial charge in [0.05, 0.1) is 12.0 Å². The Morgan fingerprint density at radius 3 is 2.72 bits per heavy atom. The van der Waals surface area contributed by atoms with Crippen molar-refractivity contribution >= 4 is 23.3 Å². The predicted octanol–water partition coefficient (Wildman–Crippen LogP) is 1.00. The Labute approximate surface area is 104 Å². The van der Waals surface area contributed by atoms with Gasteiger partial charge in [0.15, 0.2) is 0 Å². The van der Waals surface area contributed by atoms with E-state index in [0.29, 0.717) is 5.82 Å². The fourth-order valence-corrected chi connectivity index (χ4v) is 1.29. The number of rotatable bonds is 5. The zero-order valence-corrected chi connectivity index (χ0v) is 10.3. The van der Waals surface area contributed by atoms with Crippen LogP contribution in [0.1, 0.15) is 6.92 Å². The molecule has 18 heavy (non-hydrogen) atoms. The molecule has 0 fully saturated rings. The van der Waals surface area contributed by atoms with Gasteiger partial charge in [-0.3, -0.25) is 10.1 Å². The van der Waals surface area contributed by atoms with Crippen LogP contribution in [0.15, 0.2) is 12.1 Å². The van der Waals surface area contributed by atoms with Gasteiger partial charge in [-0.1, -0.05) is 0 Å². The number of anilines is 2. The van der Waals surface area contributed by atoms with Crippen LogP contribution in [0.5, 0.6) is 0 Å². The van der Waals surface area contributed by atoms with E-state index in [1.807, 2.05) is 0 Å². The lowest BCUT2D eigenvalue weighted by Gasteiger charge is -2.12. The van der Waals surface area contributed by atoms with Gasteiger partial charge in [0.2, 0.25) is 5.82 Å². The van der Waals surface area contributed by atoms with E-state index in [1.54, 1.807) is 7.05 Å². The third-order valence-electron chi connectivity index (χ3n) is 2.23. The summed E-state index contributed by atoms with van der Waals surface area (Å²) in [5.74, 6) is -0.0501. The molecule has 1 heterocycles. The molecule has 2 N–H and O–H groups in total. The molecule has 0 saturated carbocycles. The smallest absolute Gasteiger partial charge is 0.328 e. The highest BCUT2D eigenvalue weighted by Crippen LogP contribution is 2.24. The first-order valence-corrected chi connectivity index (χ1v) is 5.17. The van der Waals surface area contributed by atoms with Crippen molar-refractivity contribution in [3.8, 4) is 0 Å². The van der Waals surface area contributed by atoms with Gasteiger partial charge in [0.1, 0.15) is 11.9 Å². The first kappa shape index (κ1) is 13.7. The summed E-state index contributed by atoms with van der Waals surface area (Å²) in [6, 6.07) is 2.06. The zero-order valence-electron chi connectivity index (χ0n) is 10.3. The molecule has 98 valence electrons. The molecule has 0 radical (unpaired) electrons. The molecular weight excluding hydrogens is 240 g/mol. The first-order chi connectivity index (χ1) is 8.49. The second-order valence-electron chi connectivity index (χ2n) is 3.46. The number of aromatic nitrogens is 1. The number of carbonyl (C=O) groups excluding carboxylic acids is 1. The lowest BCUT2D eigenvalue weighted by molar-refractivity contribution is -0.384. The van der Waals surface area contributed by atoms with E-state index in [4.69, 9.17) is 0 Å². The standard InChI is InChI=1S/C10H14N4O4/c1-6(10(15)18-3)12-9-7(14(16)17)4-5-8(11-2)13-9/h4-6H,1-3H3,(H2,11,12,13). The van der Waals surface area contributed by atoms with Gasteiger partial charge in [0.25, 0.3) is 0 Å². The van der Waals surface area contributed by atoms with Crippen LogP contribution < -0.4 is 10.6 Å². The highest BCUT2D eigenvalue weighted by molar-refractivity contribution is 5.79. The average Bonchev–Trinajstić information content (AvgIpc) is 2.37. The van der Waals surface area contributed by atoms with Gasteiger partial charge < -0.3 is 15.4 Å². The minimum atomic E-state index is -0.728. The maximum Gasteiger partial charge on any atom is 0.328 e. The monoisotopic (exact) mass is 254 g/mol. The maximum absolute atomic E-state index is 11.3. The van der Waals surface area contributed by atoms with E-state index in [1.165, 1.54) is 26.2 Å². The molecule has 1 aromatic rings. The number of nitrogens with zero attached hydrogens (tertiary/aromatic N) is 2. The minimum Gasteiger partial charge on any atom is -0.467 e. The third kappa shape index (κ3) is 3.06. The second kappa shape index (κ2) is 5.80.